The molecule has 1 atom stereocenters. The highest BCUT2D eigenvalue weighted by molar-refractivity contribution is 6.34. The Morgan fingerprint density at radius 1 is 1.15 bits per heavy atom. The van der Waals surface area contributed by atoms with Crippen LogP contribution in [-0.2, 0) is 4.74 Å². The number of carbonyl (C=O) groups excluding carboxylic acids is 1. The fourth-order valence-electron chi connectivity index (χ4n) is 4.35. The summed E-state index contributed by atoms with van der Waals surface area (Å²) < 4.78 is 35.1. The van der Waals surface area contributed by atoms with Crippen LogP contribution in [0.25, 0.3) is 22.2 Å². The van der Waals surface area contributed by atoms with Gasteiger partial charge < -0.3 is 30.7 Å². The number of carbonyl (C=O) groups is 1. The second kappa shape index (κ2) is 11.4. The number of nitrogens with zero attached hydrogens (tertiary/aromatic N) is 5. The third kappa shape index (κ3) is 7.05. The Bertz CT molecular complexity index is 1450. The van der Waals surface area contributed by atoms with Crippen LogP contribution in [0.15, 0.2) is 18.2 Å². The molecule has 1 saturated heterocycles. The lowest BCUT2D eigenvalue weighted by Gasteiger charge is -2.36. The molecule has 1 aliphatic rings. The molecule has 0 spiro atoms. The molecule has 222 valence electrons. The lowest BCUT2D eigenvalue weighted by molar-refractivity contribution is 0.00316. The van der Waals surface area contributed by atoms with Crippen LogP contribution in [0.1, 0.15) is 40.2 Å². The highest BCUT2D eigenvalue weighted by atomic mass is 35.5. The van der Waals surface area contributed by atoms with Gasteiger partial charge in [0.2, 0.25) is 5.95 Å². The molecule has 0 saturated carbocycles. The number of nitrogens with two attached hydrogens (primary N) is 1. The summed E-state index contributed by atoms with van der Waals surface area (Å²) in [7, 11) is 0. The number of nitrogens with one attached hydrogen (secondary N) is 1. The summed E-state index contributed by atoms with van der Waals surface area (Å²) in [5.74, 6) is 0.200. The fourth-order valence-corrected chi connectivity index (χ4v) is 4.61. The topological polar surface area (TPSA) is 130 Å². The molecule has 0 unspecified atom stereocenters. The first-order valence-corrected chi connectivity index (χ1v) is 13.7. The quantitative estimate of drug-likeness (QED) is 0.364. The number of amides is 1. The van der Waals surface area contributed by atoms with Crippen molar-refractivity contribution in [2.24, 2.45) is 0 Å². The number of nitrogen functional groups attached to an aromatic ring is 1. The van der Waals surface area contributed by atoms with Gasteiger partial charge in [-0.25, -0.2) is 23.5 Å². The van der Waals surface area contributed by atoms with Crippen molar-refractivity contribution in [3.63, 3.8) is 0 Å². The number of benzene rings is 1. The molecule has 1 fully saturated rings. The fraction of sp³-hybridized carbons (Fsp3) is 0.500. The number of hydrogen-bond acceptors (Lipinski definition) is 9. The van der Waals surface area contributed by atoms with Gasteiger partial charge in [-0.3, -0.25) is 0 Å². The number of hydrogen-bond donors (Lipinski definition) is 3. The predicted octanol–water partition coefficient (Wildman–Crippen LogP) is 4.95. The molecule has 4 N–H and O–H groups in total. The number of aromatic nitrogens is 3. The molecular formula is C28H36ClF2N7O3. The van der Waals surface area contributed by atoms with Crippen molar-refractivity contribution >= 4 is 46.2 Å². The lowest BCUT2D eigenvalue weighted by atomic mass is 10.0. The van der Waals surface area contributed by atoms with Crippen LogP contribution in [0, 0.1) is 12.7 Å². The Hall–Kier alpha value is -3.51. The van der Waals surface area contributed by atoms with E-state index in [1.54, 1.807) is 24.0 Å². The normalized spacial score (nSPS) is 15.3. The zero-order valence-corrected chi connectivity index (χ0v) is 24.8. The van der Waals surface area contributed by atoms with Crippen molar-refractivity contribution in [2.75, 3.05) is 48.7 Å². The van der Waals surface area contributed by atoms with Crippen LogP contribution >= 0.6 is 11.6 Å². The molecule has 4 rings (SSSR count). The molecule has 13 heteroatoms. The highest BCUT2D eigenvalue weighted by Crippen LogP contribution is 2.37. The lowest BCUT2D eigenvalue weighted by Crippen LogP contribution is -2.50. The van der Waals surface area contributed by atoms with E-state index >= 15 is 4.39 Å². The first-order valence-electron chi connectivity index (χ1n) is 13.3. The van der Waals surface area contributed by atoms with Gasteiger partial charge in [-0.2, -0.15) is 4.98 Å². The molecule has 1 aromatic carbocycles. The van der Waals surface area contributed by atoms with Crippen molar-refractivity contribution in [1.82, 2.24) is 19.9 Å². The average molecular weight is 592 g/mol. The Morgan fingerprint density at radius 2 is 1.80 bits per heavy atom. The maximum absolute atomic E-state index is 15.1. The molecule has 0 bridgehead atoms. The molecule has 1 amide bonds. The van der Waals surface area contributed by atoms with Crippen LogP contribution in [0.3, 0.4) is 0 Å². The van der Waals surface area contributed by atoms with Crippen LogP contribution < -0.4 is 16.0 Å². The molecule has 3 aromatic rings. The van der Waals surface area contributed by atoms with Gasteiger partial charge in [0.25, 0.3) is 0 Å². The third-order valence-electron chi connectivity index (χ3n) is 6.62. The summed E-state index contributed by atoms with van der Waals surface area (Å²) in [6.07, 6.45) is -2.00. The van der Waals surface area contributed by atoms with Gasteiger partial charge in [0, 0.05) is 37.1 Å². The minimum atomic E-state index is -1.60. The minimum Gasteiger partial charge on any atom is -0.444 e. The molecule has 41 heavy (non-hydrogen) atoms. The number of halogens is 3. The number of anilines is 3. The van der Waals surface area contributed by atoms with Crippen molar-refractivity contribution < 1.29 is 23.4 Å². The monoisotopic (exact) mass is 591 g/mol. The molecule has 0 radical (unpaired) electrons. The van der Waals surface area contributed by atoms with E-state index < -0.39 is 29.3 Å². The zero-order chi connectivity index (χ0) is 30.3. The molecule has 3 heterocycles. The van der Waals surface area contributed by atoms with E-state index in [1.807, 2.05) is 25.7 Å². The van der Waals surface area contributed by atoms with Gasteiger partial charge in [0.05, 0.1) is 22.7 Å². The van der Waals surface area contributed by atoms with Crippen LogP contribution in [-0.4, -0.2) is 81.1 Å². The summed E-state index contributed by atoms with van der Waals surface area (Å²) in [6.45, 7) is 11.2. The number of pyridine rings is 1. The van der Waals surface area contributed by atoms with Crippen LogP contribution in [0.4, 0.5) is 31.2 Å². The average Bonchev–Trinajstić information content (AvgIpc) is 2.87. The van der Waals surface area contributed by atoms with E-state index in [-0.39, 0.29) is 34.6 Å². The molecule has 0 aliphatic carbocycles. The standard InChI is InChI=1S/C28H36ClF2N7O3/c1-15-11-21(32)35-23(22(15)31)16-13-19-17(12-18(16)29)24(36-25(34-19)33-14-20(30)28(5,6)40)37-7-9-38(10-8-37)26(39)41-27(2,3)4/h11-13,20,40H,7-10,14H2,1-6H3,(H2,32,35)(H,33,34,36)/t20-/m1/s1. The summed E-state index contributed by atoms with van der Waals surface area (Å²) in [4.78, 5) is 29.5. The number of aryl methyl sites for hydroxylation is 1. The minimum absolute atomic E-state index is 0.0131. The van der Waals surface area contributed by atoms with E-state index in [4.69, 9.17) is 22.1 Å². The SMILES string of the molecule is Cc1cc(N)nc(-c2cc3nc(NC[C@@H](F)C(C)(C)O)nc(N4CCN(C(=O)OC(C)(C)C)CC4)c3cc2Cl)c1F. The molecule has 2 aromatic heterocycles. The largest absolute Gasteiger partial charge is 0.444 e. The number of fused-ring (bicyclic) bond motifs is 1. The maximum Gasteiger partial charge on any atom is 0.410 e. The summed E-state index contributed by atoms with van der Waals surface area (Å²) in [5, 5.41) is 13.7. The first kappa shape index (κ1) is 30.4. The number of piperazine rings is 1. The number of alkyl halides is 1. The van der Waals surface area contributed by atoms with Crippen molar-refractivity contribution in [3.05, 3.63) is 34.6 Å². The Balaban J connectivity index is 1.74. The summed E-state index contributed by atoms with van der Waals surface area (Å²) in [6, 6.07) is 4.67. The number of rotatable bonds is 6. The van der Waals surface area contributed by atoms with Gasteiger partial charge in [-0.05, 0) is 65.3 Å². The van der Waals surface area contributed by atoms with Crippen LogP contribution in [0.2, 0.25) is 5.02 Å². The third-order valence-corrected chi connectivity index (χ3v) is 6.93. The van der Waals surface area contributed by atoms with E-state index in [9.17, 15) is 14.3 Å². The highest BCUT2D eigenvalue weighted by Gasteiger charge is 2.29. The van der Waals surface area contributed by atoms with Gasteiger partial charge in [0.15, 0.2) is 5.82 Å². The smallest absolute Gasteiger partial charge is 0.410 e. The molecule has 1 aliphatic heterocycles. The predicted molar refractivity (Wildman–Crippen MR) is 157 cm³/mol. The van der Waals surface area contributed by atoms with Gasteiger partial charge in [-0.1, -0.05) is 11.6 Å². The van der Waals surface area contributed by atoms with Gasteiger partial charge in [0.1, 0.15) is 29.1 Å². The second-order valence-corrected chi connectivity index (χ2v) is 12.1. The summed E-state index contributed by atoms with van der Waals surface area (Å²) in [5.41, 5.74) is 4.71. The van der Waals surface area contributed by atoms with Crippen LogP contribution in [0.5, 0.6) is 0 Å². The molecule has 10 nitrogen and oxygen atoms in total. The summed E-state index contributed by atoms with van der Waals surface area (Å²) >= 11 is 6.66. The number of ether oxygens (including phenoxy) is 1. The molecular weight excluding hydrogens is 556 g/mol. The van der Waals surface area contributed by atoms with Gasteiger partial charge in [-0.15, -0.1) is 0 Å². The van der Waals surface area contributed by atoms with E-state index in [1.165, 1.54) is 19.9 Å². The maximum atomic E-state index is 15.1. The zero-order valence-electron chi connectivity index (χ0n) is 24.1. The van der Waals surface area contributed by atoms with Crippen molar-refractivity contribution in [2.45, 2.75) is 58.9 Å². The van der Waals surface area contributed by atoms with E-state index in [0.717, 1.165) is 0 Å². The van der Waals surface area contributed by atoms with Crippen molar-refractivity contribution in [1.29, 1.82) is 0 Å². The van der Waals surface area contributed by atoms with Crippen molar-refractivity contribution in [3.8, 4) is 11.3 Å². The first-order chi connectivity index (χ1) is 19.0. The second-order valence-electron chi connectivity index (χ2n) is 11.7. The Kier molecular flexibility index (Phi) is 8.47. The van der Waals surface area contributed by atoms with E-state index in [0.29, 0.717) is 48.5 Å². The Morgan fingerprint density at radius 3 is 2.41 bits per heavy atom. The number of aliphatic hydroxyl groups is 1. The van der Waals surface area contributed by atoms with Gasteiger partial charge >= 0.3 is 6.09 Å². The Labute approximate surface area is 242 Å². The van der Waals surface area contributed by atoms with E-state index in [2.05, 4.69) is 20.3 Å².